The van der Waals surface area contributed by atoms with E-state index >= 15 is 0 Å². The normalized spacial score (nSPS) is 17.7. The van der Waals surface area contributed by atoms with Gasteiger partial charge in [0.15, 0.2) is 21.9 Å². The molecule has 0 saturated carbocycles. The summed E-state index contributed by atoms with van der Waals surface area (Å²) in [7, 11) is -3.44. The molecule has 5 rings (SSSR count). The van der Waals surface area contributed by atoms with Crippen LogP contribution < -0.4 is 4.90 Å². The molecule has 3 aromatic heterocycles. The van der Waals surface area contributed by atoms with Crippen molar-refractivity contribution in [1.82, 2.24) is 24.1 Å². The molecule has 1 aliphatic rings. The lowest BCUT2D eigenvalue weighted by atomic mass is 10.2. The average Bonchev–Trinajstić information content (AvgIpc) is 3.39. The number of hydrogen-bond donors (Lipinski definition) is 0. The fourth-order valence-corrected chi connectivity index (χ4v) is 6.23. The Hall–Kier alpha value is -2.66. The zero-order valence-corrected chi connectivity index (χ0v) is 17.8. The molecule has 10 heteroatoms. The van der Waals surface area contributed by atoms with Crippen LogP contribution in [0.5, 0.6) is 0 Å². The van der Waals surface area contributed by atoms with Gasteiger partial charge in [-0.15, -0.1) is 19.6 Å². The lowest BCUT2D eigenvalue weighted by molar-refractivity contribution is 0.369. The van der Waals surface area contributed by atoms with Gasteiger partial charge in [0.25, 0.3) is 0 Å². The maximum absolute atomic E-state index is 12.9. The van der Waals surface area contributed by atoms with E-state index in [2.05, 4.69) is 15.1 Å². The van der Waals surface area contributed by atoms with Crippen LogP contribution in [-0.4, -0.2) is 54.8 Å². The fraction of sp³-hybridized carbons (Fsp3) is 0.250. The summed E-state index contributed by atoms with van der Waals surface area (Å²) in [6.45, 7) is 2.23. The number of thiophene rings is 1. The monoisotopic (exact) mass is 440 g/mol. The minimum absolute atomic E-state index is 0.396. The molecule has 1 unspecified atom stereocenters. The van der Waals surface area contributed by atoms with Crippen molar-refractivity contribution in [2.24, 2.45) is 0 Å². The van der Waals surface area contributed by atoms with Crippen molar-refractivity contribution in [3.05, 3.63) is 60.0 Å². The third-order valence-corrected chi connectivity index (χ3v) is 8.42. The van der Waals surface area contributed by atoms with Crippen LogP contribution in [0.4, 0.5) is 5.82 Å². The first-order valence-electron chi connectivity index (χ1n) is 9.69. The van der Waals surface area contributed by atoms with E-state index in [0.717, 1.165) is 24.3 Å². The standard InChI is InChI=1S/C20H20N6O2S2/c27-30(28,19-8-4-15-29-19)25-12-5-11-24(13-14-25)18-10-9-17-21-22-20(26(17)23-18)16-6-2-1-3-7-16/h1-4,6-10,15H,5,11-14H2. The molecule has 0 aliphatic carbocycles. The van der Waals surface area contributed by atoms with Crippen LogP contribution >= 0.6 is 11.3 Å². The van der Waals surface area contributed by atoms with E-state index < -0.39 is 10.4 Å². The lowest BCUT2D eigenvalue weighted by Gasteiger charge is -2.25. The predicted molar refractivity (Wildman–Crippen MR) is 116 cm³/mol. The van der Waals surface area contributed by atoms with Gasteiger partial charge in [-0.2, -0.15) is 4.52 Å². The van der Waals surface area contributed by atoms with E-state index in [4.69, 9.17) is 5.10 Å². The highest BCUT2D eigenvalue weighted by atomic mass is 32.3. The molecule has 0 amide bonds. The molecule has 4 heterocycles. The first kappa shape index (κ1) is 19.3. The van der Waals surface area contributed by atoms with Crippen LogP contribution in [0, 0.1) is 0 Å². The summed E-state index contributed by atoms with van der Waals surface area (Å²) in [4.78, 5) is 2.12. The van der Waals surface area contributed by atoms with Crippen molar-refractivity contribution in [2.45, 2.75) is 10.6 Å². The van der Waals surface area contributed by atoms with E-state index in [1.54, 1.807) is 26.3 Å². The Bertz CT molecular complexity index is 1190. The van der Waals surface area contributed by atoms with Crippen LogP contribution in [0.25, 0.3) is 17.0 Å². The van der Waals surface area contributed by atoms with Crippen molar-refractivity contribution in [2.75, 3.05) is 31.1 Å². The molecule has 4 aromatic rings. The Morgan fingerprint density at radius 3 is 2.60 bits per heavy atom. The number of fused-ring (bicyclic) bond motifs is 1. The predicted octanol–water partition coefficient (Wildman–Crippen LogP) is 2.97. The van der Waals surface area contributed by atoms with Crippen LogP contribution in [0.15, 0.2) is 64.2 Å². The van der Waals surface area contributed by atoms with E-state index in [9.17, 15) is 8.76 Å². The minimum Gasteiger partial charge on any atom is -0.592 e. The number of anilines is 1. The molecule has 30 heavy (non-hydrogen) atoms. The number of sulfonamides is 1. The second-order valence-corrected chi connectivity index (χ2v) is 10.1. The van der Waals surface area contributed by atoms with Crippen molar-refractivity contribution in [3.8, 4) is 11.4 Å². The van der Waals surface area contributed by atoms with Crippen molar-refractivity contribution >= 4 is 33.2 Å². The summed E-state index contributed by atoms with van der Waals surface area (Å²) in [5.74, 6) is 1.47. The maximum Gasteiger partial charge on any atom is 0.229 e. The molecule has 1 atom stereocenters. The molecule has 154 valence electrons. The van der Waals surface area contributed by atoms with Gasteiger partial charge >= 0.3 is 0 Å². The van der Waals surface area contributed by atoms with Crippen LogP contribution in [-0.2, 0) is 14.6 Å². The van der Waals surface area contributed by atoms with Gasteiger partial charge in [0.2, 0.25) is 4.21 Å². The largest absolute Gasteiger partial charge is 0.592 e. The molecule has 8 nitrogen and oxygen atoms in total. The molecule has 1 fully saturated rings. The van der Waals surface area contributed by atoms with Crippen molar-refractivity contribution in [1.29, 1.82) is 0 Å². The first-order valence-corrected chi connectivity index (χ1v) is 12.0. The van der Waals surface area contributed by atoms with Crippen LogP contribution in [0.2, 0.25) is 0 Å². The maximum atomic E-state index is 12.9. The minimum atomic E-state index is -3.44. The third kappa shape index (κ3) is 3.52. The number of benzene rings is 1. The van der Waals surface area contributed by atoms with E-state index in [1.807, 2.05) is 42.5 Å². The topological polar surface area (TPSA) is 89.7 Å². The molecule has 0 radical (unpaired) electrons. The van der Waals surface area contributed by atoms with E-state index in [0.29, 0.717) is 35.3 Å². The van der Waals surface area contributed by atoms with Crippen LogP contribution in [0.1, 0.15) is 6.42 Å². The zero-order valence-electron chi connectivity index (χ0n) is 16.1. The number of aromatic nitrogens is 4. The summed E-state index contributed by atoms with van der Waals surface area (Å²) in [5.41, 5.74) is 1.62. The molecule has 1 aliphatic heterocycles. The van der Waals surface area contributed by atoms with Gasteiger partial charge in [-0.05, 0) is 30.0 Å². The van der Waals surface area contributed by atoms with Gasteiger partial charge in [0.05, 0.1) is 6.54 Å². The summed E-state index contributed by atoms with van der Waals surface area (Å²) in [6, 6.07) is 17.1. The number of nitrogens with zero attached hydrogens (tertiary/aromatic N) is 6. The fourth-order valence-electron chi connectivity index (χ4n) is 3.62. The molecular formula is C20H20N6O2S2. The smallest absolute Gasteiger partial charge is 0.229 e. The third-order valence-electron chi connectivity index (χ3n) is 5.15. The Balaban J connectivity index is 1.40. The number of rotatable bonds is 4. The van der Waals surface area contributed by atoms with Gasteiger partial charge in [-0.1, -0.05) is 45.9 Å². The van der Waals surface area contributed by atoms with Gasteiger partial charge in [0, 0.05) is 31.3 Å². The molecule has 1 aromatic carbocycles. The summed E-state index contributed by atoms with van der Waals surface area (Å²) in [6.07, 6.45) is 0.734. The van der Waals surface area contributed by atoms with Gasteiger partial charge < -0.3 is 9.45 Å². The molecule has 0 N–H and O–H groups in total. The zero-order chi connectivity index (χ0) is 20.6. The van der Waals surface area contributed by atoms with E-state index in [1.165, 1.54) is 11.3 Å². The highest BCUT2D eigenvalue weighted by Gasteiger charge is 2.33. The molecular weight excluding hydrogens is 420 g/mol. The highest BCUT2D eigenvalue weighted by Crippen LogP contribution is 2.27. The van der Waals surface area contributed by atoms with Gasteiger partial charge in [-0.25, -0.2) is 0 Å². The molecule has 0 bridgehead atoms. The van der Waals surface area contributed by atoms with Crippen molar-refractivity contribution < 1.29 is 8.76 Å². The van der Waals surface area contributed by atoms with Gasteiger partial charge in [-0.3, -0.25) is 0 Å². The summed E-state index contributed by atoms with van der Waals surface area (Å²) in [5, 5.41) is 15.1. The highest BCUT2D eigenvalue weighted by molar-refractivity contribution is 7.97. The Morgan fingerprint density at radius 2 is 1.80 bits per heavy atom. The summed E-state index contributed by atoms with van der Waals surface area (Å²) >= 11 is 1.26. The molecule has 0 spiro atoms. The first-order chi connectivity index (χ1) is 14.6. The quantitative estimate of drug-likeness (QED) is 0.453. The second-order valence-electron chi connectivity index (χ2n) is 7.03. The Morgan fingerprint density at radius 1 is 0.933 bits per heavy atom. The van der Waals surface area contributed by atoms with Crippen molar-refractivity contribution in [3.63, 3.8) is 0 Å². The number of hydrogen-bond acceptors (Lipinski definition) is 7. The lowest BCUT2D eigenvalue weighted by Crippen LogP contribution is -2.39. The second kappa shape index (κ2) is 7.88. The Labute approximate surface area is 179 Å². The SMILES string of the molecule is O=[S+]([O-])(c1cccs1)N1CCCN(c2ccc3nnc(-c4ccccc4)n3n2)CC1. The van der Waals surface area contributed by atoms with E-state index in [-0.39, 0.29) is 0 Å². The van der Waals surface area contributed by atoms with Gasteiger partial charge in [0.1, 0.15) is 5.82 Å². The molecule has 1 saturated heterocycles. The van der Waals surface area contributed by atoms with Crippen LogP contribution in [0.3, 0.4) is 0 Å². The average molecular weight is 441 g/mol. The Kier molecular flexibility index (Phi) is 5.07. The summed E-state index contributed by atoms with van der Waals surface area (Å²) < 4.78 is 29.5.